The first-order valence-corrected chi connectivity index (χ1v) is 13.2. The third-order valence-electron chi connectivity index (χ3n) is 5.90. The Kier molecular flexibility index (Phi) is 6.57. The number of rotatable bonds is 8. The Labute approximate surface area is 214 Å². The number of nitrogens with one attached hydrogen (secondary N) is 2. The van der Waals surface area contributed by atoms with Gasteiger partial charge in [0.1, 0.15) is 11.5 Å². The van der Waals surface area contributed by atoms with Crippen molar-refractivity contribution in [1.29, 1.82) is 0 Å². The second kappa shape index (κ2) is 10.1. The summed E-state index contributed by atoms with van der Waals surface area (Å²) >= 11 is 0. The summed E-state index contributed by atoms with van der Waals surface area (Å²) in [5, 5.41) is 0.731. The van der Waals surface area contributed by atoms with Crippen LogP contribution in [0.2, 0.25) is 0 Å². The second-order valence-corrected chi connectivity index (χ2v) is 10.3. The molecule has 37 heavy (non-hydrogen) atoms. The van der Waals surface area contributed by atoms with Crippen LogP contribution in [0.5, 0.6) is 0 Å². The van der Waals surface area contributed by atoms with Crippen molar-refractivity contribution in [3.63, 3.8) is 0 Å². The number of H-pyrrole nitrogens is 1. The minimum Gasteiger partial charge on any atom is -0.366 e. The average molecular weight is 509 g/mol. The molecule has 5 rings (SSSR count). The standard InChI is InChI=1S/C29H24N4O3S/c30-28(34)26(23-9-5-2-6-10-23)17-24-18-31-29-25(24)15-16-27(32-29)33-37(35,36)19-20-11-13-22(14-12-20)21-7-3-1-4-8-21/h1-18H,19H2,(H2,30,34)(H2,31,32,33)/b26-17+. The van der Waals surface area contributed by atoms with E-state index in [2.05, 4.69) is 14.7 Å². The Bertz CT molecular complexity index is 1690. The van der Waals surface area contributed by atoms with Gasteiger partial charge in [0.15, 0.2) is 0 Å². The maximum Gasteiger partial charge on any atom is 0.249 e. The topological polar surface area (TPSA) is 118 Å². The number of aromatic nitrogens is 2. The van der Waals surface area contributed by atoms with E-state index >= 15 is 0 Å². The highest BCUT2D eigenvalue weighted by atomic mass is 32.2. The van der Waals surface area contributed by atoms with E-state index in [0.29, 0.717) is 27.9 Å². The molecule has 0 radical (unpaired) electrons. The number of primary amides is 1. The van der Waals surface area contributed by atoms with E-state index in [0.717, 1.165) is 16.5 Å². The first-order valence-electron chi connectivity index (χ1n) is 11.6. The smallest absolute Gasteiger partial charge is 0.249 e. The summed E-state index contributed by atoms with van der Waals surface area (Å²) in [6.07, 6.45) is 3.40. The van der Waals surface area contributed by atoms with Crippen LogP contribution in [-0.4, -0.2) is 24.3 Å². The van der Waals surface area contributed by atoms with Gasteiger partial charge in [-0.05, 0) is 40.5 Å². The van der Waals surface area contributed by atoms with Gasteiger partial charge in [0.25, 0.3) is 0 Å². The number of hydrogen-bond donors (Lipinski definition) is 3. The van der Waals surface area contributed by atoms with E-state index in [9.17, 15) is 13.2 Å². The number of pyridine rings is 1. The van der Waals surface area contributed by atoms with Crippen LogP contribution in [0, 0.1) is 0 Å². The Morgan fingerprint density at radius 3 is 2.19 bits per heavy atom. The molecule has 0 spiro atoms. The molecule has 2 heterocycles. The molecule has 0 fully saturated rings. The van der Waals surface area contributed by atoms with Crippen molar-refractivity contribution in [1.82, 2.24) is 9.97 Å². The third-order valence-corrected chi connectivity index (χ3v) is 7.13. The van der Waals surface area contributed by atoms with Crippen LogP contribution in [0.4, 0.5) is 5.82 Å². The minimum absolute atomic E-state index is 0.181. The van der Waals surface area contributed by atoms with E-state index in [-0.39, 0.29) is 11.6 Å². The lowest BCUT2D eigenvalue weighted by Gasteiger charge is -2.09. The van der Waals surface area contributed by atoms with Crippen molar-refractivity contribution in [3.8, 4) is 11.1 Å². The number of nitrogens with two attached hydrogens (primary N) is 1. The molecule has 2 aromatic heterocycles. The SMILES string of the molecule is NC(=O)/C(=C/c1c[nH]c2nc(NS(=O)(=O)Cc3ccc(-c4ccccc4)cc3)ccc12)c1ccccc1. The van der Waals surface area contributed by atoms with Gasteiger partial charge in [0, 0.05) is 22.7 Å². The van der Waals surface area contributed by atoms with E-state index in [1.54, 1.807) is 24.4 Å². The molecule has 4 N–H and O–H groups in total. The van der Waals surface area contributed by atoms with Gasteiger partial charge in [0.2, 0.25) is 15.9 Å². The average Bonchev–Trinajstić information content (AvgIpc) is 3.30. The molecular formula is C29H24N4O3S. The van der Waals surface area contributed by atoms with E-state index < -0.39 is 15.9 Å². The number of anilines is 1. The zero-order chi connectivity index (χ0) is 25.8. The monoisotopic (exact) mass is 508 g/mol. The van der Waals surface area contributed by atoms with E-state index in [1.165, 1.54) is 0 Å². The van der Waals surface area contributed by atoms with Gasteiger partial charge < -0.3 is 10.7 Å². The summed E-state index contributed by atoms with van der Waals surface area (Å²) in [7, 11) is -3.69. The Balaban J connectivity index is 1.34. The lowest BCUT2D eigenvalue weighted by Crippen LogP contribution is -2.16. The molecule has 0 aliphatic rings. The van der Waals surface area contributed by atoms with E-state index in [1.807, 2.05) is 84.9 Å². The summed E-state index contributed by atoms with van der Waals surface area (Å²) in [6.45, 7) is 0. The van der Waals surface area contributed by atoms with Crippen molar-refractivity contribution in [2.75, 3.05) is 4.72 Å². The van der Waals surface area contributed by atoms with Crippen molar-refractivity contribution in [2.45, 2.75) is 5.75 Å². The molecule has 0 atom stereocenters. The van der Waals surface area contributed by atoms with Crippen molar-refractivity contribution >= 4 is 44.4 Å². The fourth-order valence-electron chi connectivity index (χ4n) is 4.11. The highest BCUT2D eigenvalue weighted by Crippen LogP contribution is 2.25. The van der Waals surface area contributed by atoms with Crippen LogP contribution in [0.25, 0.3) is 33.8 Å². The van der Waals surface area contributed by atoms with Crippen LogP contribution < -0.4 is 10.5 Å². The molecule has 1 amide bonds. The second-order valence-electron chi connectivity index (χ2n) is 8.55. The predicted octanol–water partition coefficient (Wildman–Crippen LogP) is 5.20. The summed E-state index contributed by atoms with van der Waals surface area (Å²) < 4.78 is 28.2. The first kappa shape index (κ1) is 24.0. The van der Waals surface area contributed by atoms with Gasteiger partial charge in [0.05, 0.1) is 5.75 Å². The molecule has 184 valence electrons. The van der Waals surface area contributed by atoms with Gasteiger partial charge in [-0.15, -0.1) is 0 Å². The molecule has 0 aliphatic carbocycles. The first-order chi connectivity index (χ1) is 17.9. The highest BCUT2D eigenvalue weighted by molar-refractivity contribution is 7.91. The molecule has 0 saturated heterocycles. The maximum atomic E-state index is 12.8. The maximum absolute atomic E-state index is 12.8. The van der Waals surface area contributed by atoms with Crippen LogP contribution in [0.15, 0.2) is 103 Å². The van der Waals surface area contributed by atoms with Gasteiger partial charge >= 0.3 is 0 Å². The highest BCUT2D eigenvalue weighted by Gasteiger charge is 2.15. The molecule has 7 nitrogen and oxygen atoms in total. The Morgan fingerprint density at radius 1 is 0.865 bits per heavy atom. The summed E-state index contributed by atoms with van der Waals surface area (Å²) in [6, 6.07) is 29.8. The number of fused-ring (bicyclic) bond motifs is 1. The quantitative estimate of drug-likeness (QED) is 0.250. The minimum atomic E-state index is -3.69. The van der Waals surface area contributed by atoms with Gasteiger partial charge in [-0.2, -0.15) is 0 Å². The van der Waals surface area contributed by atoms with Gasteiger partial charge in [-0.1, -0.05) is 84.9 Å². The summed E-state index contributed by atoms with van der Waals surface area (Å²) in [5.74, 6) is -0.529. The number of amides is 1. The van der Waals surface area contributed by atoms with Crippen LogP contribution in [0.3, 0.4) is 0 Å². The molecule has 0 saturated carbocycles. The lowest BCUT2D eigenvalue weighted by atomic mass is 10.0. The molecular weight excluding hydrogens is 484 g/mol. The zero-order valence-electron chi connectivity index (χ0n) is 19.8. The zero-order valence-corrected chi connectivity index (χ0v) is 20.6. The number of nitrogens with zero attached hydrogens (tertiary/aromatic N) is 1. The molecule has 8 heteroatoms. The molecule has 3 aromatic carbocycles. The largest absolute Gasteiger partial charge is 0.366 e. The predicted molar refractivity (Wildman–Crippen MR) is 148 cm³/mol. The number of carbonyl (C=O) groups excluding carboxylic acids is 1. The fourth-order valence-corrected chi connectivity index (χ4v) is 5.25. The van der Waals surface area contributed by atoms with Gasteiger partial charge in [-0.25, -0.2) is 13.4 Å². The van der Waals surface area contributed by atoms with Crippen molar-refractivity contribution in [3.05, 3.63) is 120 Å². The van der Waals surface area contributed by atoms with Gasteiger partial charge in [-0.3, -0.25) is 9.52 Å². The fraction of sp³-hybridized carbons (Fsp3) is 0.0345. The number of benzene rings is 3. The number of carbonyl (C=O) groups is 1. The molecule has 0 bridgehead atoms. The van der Waals surface area contributed by atoms with Crippen LogP contribution in [0.1, 0.15) is 16.7 Å². The number of aromatic amines is 1. The van der Waals surface area contributed by atoms with Crippen molar-refractivity contribution in [2.24, 2.45) is 5.73 Å². The molecule has 5 aromatic rings. The number of sulfonamides is 1. The summed E-state index contributed by atoms with van der Waals surface area (Å²) in [4.78, 5) is 19.5. The number of hydrogen-bond acceptors (Lipinski definition) is 4. The Hall–Kier alpha value is -4.69. The van der Waals surface area contributed by atoms with Crippen LogP contribution >= 0.6 is 0 Å². The summed E-state index contributed by atoms with van der Waals surface area (Å²) in [5.41, 5.74) is 10.6. The van der Waals surface area contributed by atoms with Crippen molar-refractivity contribution < 1.29 is 13.2 Å². The third kappa shape index (κ3) is 5.60. The molecule has 0 aliphatic heterocycles. The molecule has 0 unspecified atom stereocenters. The Morgan fingerprint density at radius 2 is 1.51 bits per heavy atom. The lowest BCUT2D eigenvalue weighted by molar-refractivity contribution is -0.112. The normalized spacial score (nSPS) is 11.9. The van der Waals surface area contributed by atoms with E-state index in [4.69, 9.17) is 5.73 Å². The van der Waals surface area contributed by atoms with Crippen LogP contribution in [-0.2, 0) is 20.6 Å².